The largest absolute Gasteiger partial charge is 0.381 e. The van der Waals surface area contributed by atoms with Crippen molar-refractivity contribution >= 4 is 0 Å². The van der Waals surface area contributed by atoms with E-state index in [4.69, 9.17) is 4.74 Å². The molecule has 0 bridgehead atoms. The van der Waals surface area contributed by atoms with Crippen molar-refractivity contribution < 1.29 is 4.74 Å². The van der Waals surface area contributed by atoms with Crippen molar-refractivity contribution in [2.75, 3.05) is 45.9 Å². The second-order valence-electron chi connectivity index (χ2n) is 4.85. The molecular formula is C14H26N2O. The summed E-state index contributed by atoms with van der Waals surface area (Å²) in [5, 5.41) is 3.46. The summed E-state index contributed by atoms with van der Waals surface area (Å²) in [5.41, 5.74) is 0.266. The van der Waals surface area contributed by atoms with Crippen LogP contribution in [0.3, 0.4) is 0 Å². The van der Waals surface area contributed by atoms with Crippen LogP contribution in [-0.4, -0.2) is 50.8 Å². The SMILES string of the molecule is C=CCN(CC=C)CC1(CNCC)CCOC1. The second-order valence-corrected chi connectivity index (χ2v) is 4.85. The minimum absolute atomic E-state index is 0.266. The number of nitrogens with one attached hydrogen (secondary N) is 1. The summed E-state index contributed by atoms with van der Waals surface area (Å²) >= 11 is 0. The minimum atomic E-state index is 0.266. The van der Waals surface area contributed by atoms with E-state index in [-0.39, 0.29) is 5.41 Å². The van der Waals surface area contributed by atoms with Crippen molar-refractivity contribution in [1.29, 1.82) is 0 Å². The third kappa shape index (κ3) is 4.62. The molecule has 0 saturated carbocycles. The van der Waals surface area contributed by atoms with E-state index in [9.17, 15) is 0 Å². The van der Waals surface area contributed by atoms with Gasteiger partial charge in [0.15, 0.2) is 0 Å². The van der Waals surface area contributed by atoms with E-state index in [1.165, 1.54) is 0 Å². The Bertz CT molecular complexity index is 224. The van der Waals surface area contributed by atoms with Gasteiger partial charge in [-0.15, -0.1) is 13.2 Å². The van der Waals surface area contributed by atoms with Crippen LogP contribution in [0.5, 0.6) is 0 Å². The Balaban J connectivity index is 2.56. The molecule has 0 aliphatic carbocycles. The first-order valence-electron chi connectivity index (χ1n) is 6.49. The molecule has 1 heterocycles. The summed E-state index contributed by atoms with van der Waals surface area (Å²) in [6, 6.07) is 0. The van der Waals surface area contributed by atoms with E-state index < -0.39 is 0 Å². The van der Waals surface area contributed by atoms with Crippen molar-refractivity contribution in [3.05, 3.63) is 25.3 Å². The molecule has 3 nitrogen and oxygen atoms in total. The maximum atomic E-state index is 5.60. The van der Waals surface area contributed by atoms with E-state index in [2.05, 4.69) is 30.3 Å². The van der Waals surface area contributed by atoms with Crippen LogP contribution in [0.4, 0.5) is 0 Å². The van der Waals surface area contributed by atoms with E-state index >= 15 is 0 Å². The first kappa shape index (κ1) is 14.4. The molecule has 0 amide bonds. The molecule has 17 heavy (non-hydrogen) atoms. The van der Waals surface area contributed by atoms with E-state index in [1.54, 1.807) is 0 Å². The quantitative estimate of drug-likeness (QED) is 0.619. The zero-order valence-electron chi connectivity index (χ0n) is 11.1. The van der Waals surface area contributed by atoms with Gasteiger partial charge in [-0.2, -0.15) is 0 Å². The average molecular weight is 238 g/mol. The summed E-state index contributed by atoms with van der Waals surface area (Å²) in [5.74, 6) is 0. The maximum Gasteiger partial charge on any atom is 0.0547 e. The number of nitrogens with zero attached hydrogens (tertiary/aromatic N) is 1. The molecule has 1 unspecified atom stereocenters. The molecular weight excluding hydrogens is 212 g/mol. The molecule has 1 N–H and O–H groups in total. The maximum absolute atomic E-state index is 5.60. The van der Waals surface area contributed by atoms with E-state index in [0.717, 1.165) is 52.4 Å². The zero-order valence-corrected chi connectivity index (χ0v) is 11.1. The highest BCUT2D eigenvalue weighted by Gasteiger charge is 2.35. The molecule has 3 heteroatoms. The fraction of sp³-hybridized carbons (Fsp3) is 0.714. The van der Waals surface area contributed by atoms with Crippen LogP contribution in [0.1, 0.15) is 13.3 Å². The fourth-order valence-electron chi connectivity index (χ4n) is 2.40. The minimum Gasteiger partial charge on any atom is -0.381 e. The van der Waals surface area contributed by atoms with Crippen LogP contribution in [0, 0.1) is 5.41 Å². The Morgan fingerprint density at radius 2 is 2.06 bits per heavy atom. The fourth-order valence-corrected chi connectivity index (χ4v) is 2.40. The summed E-state index contributed by atoms with van der Waals surface area (Å²) < 4.78 is 5.60. The molecule has 1 saturated heterocycles. The van der Waals surface area contributed by atoms with Crippen LogP contribution < -0.4 is 5.32 Å². The Labute approximate surface area is 106 Å². The molecule has 0 aromatic heterocycles. The highest BCUT2D eigenvalue weighted by molar-refractivity contribution is 4.91. The van der Waals surface area contributed by atoms with Gasteiger partial charge in [-0.05, 0) is 13.0 Å². The van der Waals surface area contributed by atoms with Gasteiger partial charge in [0, 0.05) is 38.2 Å². The van der Waals surface area contributed by atoms with E-state index in [1.807, 2.05) is 12.2 Å². The molecule has 1 aliphatic heterocycles. The zero-order chi connectivity index (χ0) is 12.6. The molecule has 0 aromatic carbocycles. The highest BCUT2D eigenvalue weighted by atomic mass is 16.5. The Morgan fingerprint density at radius 3 is 2.53 bits per heavy atom. The van der Waals surface area contributed by atoms with Gasteiger partial charge in [-0.1, -0.05) is 19.1 Å². The molecule has 98 valence electrons. The molecule has 0 spiro atoms. The van der Waals surface area contributed by atoms with Crippen LogP contribution in [0.2, 0.25) is 0 Å². The summed E-state index contributed by atoms with van der Waals surface area (Å²) in [7, 11) is 0. The lowest BCUT2D eigenvalue weighted by Gasteiger charge is -2.33. The van der Waals surface area contributed by atoms with Crippen molar-refractivity contribution in [2.45, 2.75) is 13.3 Å². The van der Waals surface area contributed by atoms with Crippen LogP contribution in [0.25, 0.3) is 0 Å². The van der Waals surface area contributed by atoms with Gasteiger partial charge in [0.1, 0.15) is 0 Å². The summed E-state index contributed by atoms with van der Waals surface area (Å²) in [6.45, 7) is 16.5. The van der Waals surface area contributed by atoms with Gasteiger partial charge in [-0.3, -0.25) is 4.90 Å². The monoisotopic (exact) mass is 238 g/mol. The lowest BCUT2D eigenvalue weighted by Crippen LogP contribution is -2.45. The van der Waals surface area contributed by atoms with Crippen LogP contribution >= 0.6 is 0 Å². The van der Waals surface area contributed by atoms with Gasteiger partial charge < -0.3 is 10.1 Å². The van der Waals surface area contributed by atoms with E-state index in [0.29, 0.717) is 0 Å². The van der Waals surface area contributed by atoms with Gasteiger partial charge in [0.25, 0.3) is 0 Å². The number of hydrogen-bond acceptors (Lipinski definition) is 3. The molecule has 0 aromatic rings. The third-order valence-corrected chi connectivity index (χ3v) is 3.27. The molecule has 1 fully saturated rings. The molecule has 0 radical (unpaired) electrons. The smallest absolute Gasteiger partial charge is 0.0547 e. The Hall–Kier alpha value is -0.640. The second kappa shape index (κ2) is 7.64. The van der Waals surface area contributed by atoms with Gasteiger partial charge in [0.2, 0.25) is 0 Å². The predicted octanol–water partition coefficient (Wildman–Crippen LogP) is 1.68. The lowest BCUT2D eigenvalue weighted by atomic mass is 9.86. The van der Waals surface area contributed by atoms with Crippen LogP contribution in [0.15, 0.2) is 25.3 Å². The number of ether oxygens (including phenoxy) is 1. The van der Waals surface area contributed by atoms with Crippen LogP contribution in [-0.2, 0) is 4.74 Å². The topological polar surface area (TPSA) is 24.5 Å². The summed E-state index contributed by atoms with van der Waals surface area (Å²) in [4.78, 5) is 2.38. The van der Waals surface area contributed by atoms with Crippen molar-refractivity contribution in [2.24, 2.45) is 5.41 Å². The normalized spacial score (nSPS) is 24.1. The first-order valence-corrected chi connectivity index (χ1v) is 6.49. The molecule has 1 atom stereocenters. The first-order chi connectivity index (χ1) is 8.26. The number of rotatable bonds is 9. The molecule has 1 rings (SSSR count). The Morgan fingerprint density at radius 1 is 1.35 bits per heavy atom. The van der Waals surface area contributed by atoms with Crippen molar-refractivity contribution in [3.8, 4) is 0 Å². The van der Waals surface area contributed by atoms with Gasteiger partial charge in [0.05, 0.1) is 6.61 Å². The van der Waals surface area contributed by atoms with Gasteiger partial charge in [-0.25, -0.2) is 0 Å². The summed E-state index contributed by atoms with van der Waals surface area (Å²) in [6.07, 6.45) is 5.06. The highest BCUT2D eigenvalue weighted by Crippen LogP contribution is 2.29. The van der Waals surface area contributed by atoms with Crippen molar-refractivity contribution in [1.82, 2.24) is 10.2 Å². The molecule has 1 aliphatic rings. The standard InChI is InChI=1S/C14H26N2O/c1-4-8-16(9-5-2)12-14(11-15-6-3)7-10-17-13-14/h4-5,15H,1-2,6-13H2,3H3. The third-order valence-electron chi connectivity index (χ3n) is 3.27. The predicted molar refractivity (Wildman–Crippen MR) is 73.2 cm³/mol. The van der Waals surface area contributed by atoms with Crippen molar-refractivity contribution in [3.63, 3.8) is 0 Å². The Kier molecular flexibility index (Phi) is 6.48. The van der Waals surface area contributed by atoms with Gasteiger partial charge >= 0.3 is 0 Å². The lowest BCUT2D eigenvalue weighted by molar-refractivity contribution is 0.118. The average Bonchev–Trinajstić information content (AvgIpc) is 2.76. The number of hydrogen-bond donors (Lipinski definition) is 1.